The molecule has 0 atom stereocenters. The molecule has 1 N–H and O–H groups in total. The van der Waals surface area contributed by atoms with Crippen molar-refractivity contribution in [2.45, 2.75) is 6.54 Å². The van der Waals surface area contributed by atoms with Gasteiger partial charge in [-0.1, -0.05) is 0 Å². The molecule has 0 fully saturated rings. The van der Waals surface area contributed by atoms with Crippen molar-refractivity contribution in [3.63, 3.8) is 0 Å². The Kier molecular flexibility index (Phi) is 3.79. The third kappa shape index (κ3) is 3.00. The van der Waals surface area contributed by atoms with E-state index in [1.54, 1.807) is 17.4 Å². The summed E-state index contributed by atoms with van der Waals surface area (Å²) in [5, 5.41) is 3.31. The highest BCUT2D eigenvalue weighted by molar-refractivity contribution is 7.16. The van der Waals surface area contributed by atoms with Crippen molar-refractivity contribution in [1.29, 1.82) is 0 Å². The molecule has 106 valence electrons. The van der Waals surface area contributed by atoms with E-state index in [2.05, 4.69) is 26.1 Å². The van der Waals surface area contributed by atoms with Crippen molar-refractivity contribution < 1.29 is 9.53 Å². The molecule has 2 aromatic heterocycles. The van der Waals surface area contributed by atoms with E-state index in [9.17, 15) is 4.79 Å². The van der Waals surface area contributed by atoms with E-state index in [0.717, 1.165) is 21.6 Å². The molecular weight excluding hydrogens is 286 g/mol. The van der Waals surface area contributed by atoms with E-state index in [4.69, 9.17) is 0 Å². The largest absolute Gasteiger partial charge is 0.465 e. The number of nitrogens with one attached hydrogen (secondary N) is 1. The quantitative estimate of drug-likeness (QED) is 0.750. The maximum Gasteiger partial charge on any atom is 0.339 e. The highest BCUT2D eigenvalue weighted by atomic mass is 32.1. The average Bonchev–Trinajstić information content (AvgIpc) is 3.00. The van der Waals surface area contributed by atoms with E-state index in [1.807, 2.05) is 23.7 Å². The molecule has 5 nitrogen and oxygen atoms in total. The molecule has 0 amide bonds. The number of rotatable bonds is 4. The second kappa shape index (κ2) is 5.88. The van der Waals surface area contributed by atoms with Crippen LogP contribution in [0.2, 0.25) is 0 Å². The maximum atomic E-state index is 11.3. The van der Waals surface area contributed by atoms with Gasteiger partial charge >= 0.3 is 5.97 Å². The first-order valence-electron chi connectivity index (χ1n) is 6.36. The zero-order chi connectivity index (χ0) is 14.7. The van der Waals surface area contributed by atoms with Gasteiger partial charge in [-0.25, -0.2) is 9.78 Å². The van der Waals surface area contributed by atoms with Crippen molar-refractivity contribution in [3.05, 3.63) is 53.3 Å². The molecule has 2 heterocycles. The number of methoxy groups -OCH3 is 1. The lowest BCUT2D eigenvalue weighted by Gasteiger charge is -2.06. The minimum atomic E-state index is -0.377. The summed E-state index contributed by atoms with van der Waals surface area (Å²) >= 11 is 1.61. The number of carbonyl (C=O) groups excluding carboxylic acids is 1. The lowest BCUT2D eigenvalue weighted by Crippen LogP contribution is -2.05. The van der Waals surface area contributed by atoms with Gasteiger partial charge in [0.15, 0.2) is 0 Å². The van der Waals surface area contributed by atoms with Crippen LogP contribution in [0.4, 0.5) is 5.69 Å². The first kappa shape index (κ1) is 13.5. The predicted octanol–water partition coefficient (Wildman–Crippen LogP) is 3.09. The zero-order valence-electron chi connectivity index (χ0n) is 11.4. The topological polar surface area (TPSA) is 64.1 Å². The fraction of sp³-hybridized carbons (Fsp3) is 0.133. The number of fused-ring (bicyclic) bond motifs is 1. The standard InChI is InChI=1S/C15H13N3O2S/c1-20-15(19)10-2-3-12(16-7-10)8-17-11-4-5-13-14(6-11)21-9-18-13/h2-7,9,17H,8H2,1H3. The Bertz CT molecular complexity index is 768. The monoisotopic (exact) mass is 299 g/mol. The number of carbonyl (C=O) groups is 1. The number of benzene rings is 1. The van der Waals surface area contributed by atoms with Gasteiger partial charge in [0.25, 0.3) is 0 Å². The van der Waals surface area contributed by atoms with Gasteiger partial charge in [-0.2, -0.15) is 0 Å². The molecule has 0 spiro atoms. The van der Waals surface area contributed by atoms with Crippen LogP contribution in [-0.4, -0.2) is 23.0 Å². The molecule has 1 aromatic carbocycles. The summed E-state index contributed by atoms with van der Waals surface area (Å²) in [6.45, 7) is 0.589. The van der Waals surface area contributed by atoms with Crippen LogP contribution in [0.25, 0.3) is 10.2 Å². The molecule has 0 aliphatic rings. The number of ether oxygens (including phenoxy) is 1. The zero-order valence-corrected chi connectivity index (χ0v) is 12.2. The fourth-order valence-corrected chi connectivity index (χ4v) is 2.64. The van der Waals surface area contributed by atoms with Crippen LogP contribution in [-0.2, 0) is 11.3 Å². The van der Waals surface area contributed by atoms with Gasteiger partial charge in [0.2, 0.25) is 0 Å². The Morgan fingerprint density at radius 3 is 2.95 bits per heavy atom. The Labute approximate surface area is 125 Å². The lowest BCUT2D eigenvalue weighted by molar-refractivity contribution is 0.0600. The van der Waals surface area contributed by atoms with E-state index in [0.29, 0.717) is 12.1 Å². The summed E-state index contributed by atoms with van der Waals surface area (Å²) in [4.78, 5) is 19.8. The van der Waals surface area contributed by atoms with Crippen LogP contribution >= 0.6 is 11.3 Å². The molecule has 0 saturated heterocycles. The van der Waals surface area contributed by atoms with Crippen molar-refractivity contribution in [2.75, 3.05) is 12.4 Å². The summed E-state index contributed by atoms with van der Waals surface area (Å²) in [5.41, 5.74) is 5.16. The summed E-state index contributed by atoms with van der Waals surface area (Å²) in [7, 11) is 1.35. The van der Waals surface area contributed by atoms with Crippen molar-refractivity contribution in [2.24, 2.45) is 0 Å². The number of hydrogen-bond acceptors (Lipinski definition) is 6. The smallest absolute Gasteiger partial charge is 0.339 e. The first-order chi connectivity index (χ1) is 10.3. The average molecular weight is 299 g/mol. The Balaban J connectivity index is 1.67. The number of aromatic nitrogens is 2. The van der Waals surface area contributed by atoms with Crippen molar-refractivity contribution in [3.8, 4) is 0 Å². The Morgan fingerprint density at radius 2 is 2.19 bits per heavy atom. The van der Waals surface area contributed by atoms with Gasteiger partial charge in [0, 0.05) is 11.9 Å². The van der Waals surface area contributed by atoms with Crippen LogP contribution in [0.1, 0.15) is 16.1 Å². The highest BCUT2D eigenvalue weighted by Gasteiger charge is 2.05. The highest BCUT2D eigenvalue weighted by Crippen LogP contribution is 2.22. The molecule has 0 bridgehead atoms. The summed E-state index contributed by atoms with van der Waals surface area (Å²) in [5.74, 6) is -0.377. The number of nitrogens with zero attached hydrogens (tertiary/aromatic N) is 2. The van der Waals surface area contributed by atoms with E-state index in [1.165, 1.54) is 13.3 Å². The molecule has 0 radical (unpaired) electrons. The third-order valence-corrected chi connectivity index (χ3v) is 3.84. The molecule has 3 rings (SSSR count). The molecule has 0 saturated carbocycles. The molecule has 0 unspecified atom stereocenters. The normalized spacial score (nSPS) is 10.5. The first-order valence-corrected chi connectivity index (χ1v) is 7.24. The SMILES string of the molecule is COC(=O)c1ccc(CNc2ccc3ncsc3c2)nc1. The molecule has 21 heavy (non-hydrogen) atoms. The van der Waals surface area contributed by atoms with Gasteiger partial charge in [-0.15, -0.1) is 11.3 Å². The molecule has 3 aromatic rings. The molecule has 0 aliphatic carbocycles. The van der Waals surface area contributed by atoms with Crippen LogP contribution in [0.5, 0.6) is 0 Å². The van der Waals surface area contributed by atoms with E-state index in [-0.39, 0.29) is 5.97 Å². The third-order valence-electron chi connectivity index (χ3n) is 3.05. The van der Waals surface area contributed by atoms with Gasteiger partial charge in [-0.3, -0.25) is 4.98 Å². The number of hydrogen-bond donors (Lipinski definition) is 1. The van der Waals surface area contributed by atoms with Gasteiger partial charge in [-0.05, 0) is 30.3 Å². The molecule has 6 heteroatoms. The van der Waals surface area contributed by atoms with Crippen LogP contribution < -0.4 is 5.32 Å². The number of esters is 1. The second-order valence-corrected chi connectivity index (χ2v) is 5.30. The van der Waals surface area contributed by atoms with Gasteiger partial charge in [0.05, 0.1) is 40.6 Å². The fourth-order valence-electron chi connectivity index (χ4n) is 1.93. The predicted molar refractivity (Wildman–Crippen MR) is 82.5 cm³/mol. The molecular formula is C15H13N3O2S. The number of anilines is 1. The van der Waals surface area contributed by atoms with Crippen molar-refractivity contribution >= 4 is 33.2 Å². The van der Waals surface area contributed by atoms with Crippen LogP contribution in [0, 0.1) is 0 Å². The minimum absolute atomic E-state index is 0.377. The van der Waals surface area contributed by atoms with Gasteiger partial charge in [0.1, 0.15) is 0 Å². The summed E-state index contributed by atoms with van der Waals surface area (Å²) in [6.07, 6.45) is 1.52. The van der Waals surface area contributed by atoms with Crippen LogP contribution in [0.15, 0.2) is 42.0 Å². The summed E-state index contributed by atoms with van der Waals surface area (Å²) in [6, 6.07) is 9.56. The Hall–Kier alpha value is -2.47. The number of thiazole rings is 1. The Morgan fingerprint density at radius 1 is 1.29 bits per heavy atom. The van der Waals surface area contributed by atoms with E-state index >= 15 is 0 Å². The molecule has 0 aliphatic heterocycles. The summed E-state index contributed by atoms with van der Waals surface area (Å²) < 4.78 is 5.79. The van der Waals surface area contributed by atoms with Crippen molar-refractivity contribution in [1.82, 2.24) is 9.97 Å². The number of pyridine rings is 1. The maximum absolute atomic E-state index is 11.3. The second-order valence-electron chi connectivity index (χ2n) is 4.42. The lowest BCUT2D eigenvalue weighted by atomic mass is 10.2. The van der Waals surface area contributed by atoms with Gasteiger partial charge < -0.3 is 10.1 Å². The van der Waals surface area contributed by atoms with E-state index < -0.39 is 0 Å². The minimum Gasteiger partial charge on any atom is -0.465 e. The van der Waals surface area contributed by atoms with Crippen LogP contribution in [0.3, 0.4) is 0 Å².